The molecule has 2 unspecified atom stereocenters. The smallest absolute Gasteiger partial charge is 0.457 e. The van der Waals surface area contributed by atoms with Crippen molar-refractivity contribution in [2.45, 2.75) is 187 Å². The van der Waals surface area contributed by atoms with Gasteiger partial charge in [0.15, 0.2) is 0 Å². The number of esters is 1. The van der Waals surface area contributed by atoms with Gasteiger partial charge < -0.3 is 18.9 Å². The molecule has 1 N–H and O–H groups in total. The van der Waals surface area contributed by atoms with Crippen LogP contribution in [0, 0.1) is 0 Å². The van der Waals surface area contributed by atoms with Gasteiger partial charge in [-0.15, -0.1) is 0 Å². The van der Waals surface area contributed by atoms with E-state index in [2.05, 4.69) is 62.5 Å². The van der Waals surface area contributed by atoms with Crippen LogP contribution in [-0.4, -0.2) is 75.6 Å². The highest BCUT2D eigenvalue weighted by Crippen LogP contribution is 2.43. The fourth-order valence-electron chi connectivity index (χ4n) is 5.83. The molecule has 0 heterocycles. The van der Waals surface area contributed by atoms with Gasteiger partial charge in [0.05, 0.1) is 34.4 Å². The Kier molecular flexibility index (Phi) is 38.2. The normalized spacial score (nSPS) is 14.2. The summed E-state index contributed by atoms with van der Waals surface area (Å²) < 4.78 is 34.9. The predicted molar refractivity (Wildman–Crippen MR) is 233 cm³/mol. The maximum Gasteiger partial charge on any atom is 0.472 e. The first-order valence-electron chi connectivity index (χ1n) is 22.4. The van der Waals surface area contributed by atoms with Crippen molar-refractivity contribution in [3.63, 3.8) is 0 Å². The van der Waals surface area contributed by atoms with E-state index in [0.717, 1.165) is 64.2 Å². The van der Waals surface area contributed by atoms with Gasteiger partial charge in [-0.3, -0.25) is 13.8 Å². The molecule has 0 aromatic heterocycles. The molecule has 0 aliphatic rings. The van der Waals surface area contributed by atoms with Crippen molar-refractivity contribution in [2.24, 2.45) is 0 Å². The van der Waals surface area contributed by atoms with Crippen molar-refractivity contribution in [2.75, 3.05) is 54.1 Å². The molecule has 9 heteroatoms. The molecule has 55 heavy (non-hydrogen) atoms. The van der Waals surface area contributed by atoms with Gasteiger partial charge in [-0.1, -0.05) is 152 Å². The molecule has 0 aromatic rings. The van der Waals surface area contributed by atoms with Gasteiger partial charge in [-0.2, -0.15) is 0 Å². The number of rotatable bonds is 41. The summed E-state index contributed by atoms with van der Waals surface area (Å²) in [6.45, 7) is 5.53. The van der Waals surface area contributed by atoms with Crippen LogP contribution in [0.1, 0.15) is 181 Å². The Hall–Kier alpha value is -1.54. The topological polar surface area (TPSA) is 91.3 Å². The van der Waals surface area contributed by atoms with Crippen molar-refractivity contribution in [1.29, 1.82) is 0 Å². The fourth-order valence-corrected chi connectivity index (χ4v) is 6.58. The molecule has 0 rings (SSSR count). The second kappa shape index (κ2) is 39.3. The average Bonchev–Trinajstić information content (AvgIpc) is 3.13. The van der Waals surface area contributed by atoms with Crippen LogP contribution < -0.4 is 0 Å². The van der Waals surface area contributed by atoms with E-state index in [9.17, 15) is 14.3 Å². The number of nitrogens with zero attached hydrogens (tertiary/aromatic N) is 1. The van der Waals surface area contributed by atoms with Gasteiger partial charge in [0.25, 0.3) is 0 Å². The molecule has 0 saturated carbocycles. The highest BCUT2D eigenvalue weighted by Gasteiger charge is 2.26. The molecule has 0 amide bonds. The molecule has 322 valence electrons. The SMILES string of the molecule is CCCC/C=C\CCCCCCCC(=O)OC(COCCCCCCCCC/C=C\C/C=C\C/C=C\CCCCCCC)COP(=O)(O)OCC[N+](C)(C)C. The quantitative estimate of drug-likeness (QED) is 0.0217. The maximum absolute atomic E-state index is 12.6. The van der Waals surface area contributed by atoms with E-state index >= 15 is 0 Å². The number of quaternary nitrogens is 1. The summed E-state index contributed by atoms with van der Waals surface area (Å²) >= 11 is 0. The van der Waals surface area contributed by atoms with Gasteiger partial charge in [-0.05, 0) is 70.6 Å². The second-order valence-electron chi connectivity index (χ2n) is 16.1. The third kappa shape index (κ3) is 43.4. The minimum Gasteiger partial charge on any atom is -0.457 e. The van der Waals surface area contributed by atoms with Crippen molar-refractivity contribution in [1.82, 2.24) is 0 Å². The van der Waals surface area contributed by atoms with Gasteiger partial charge in [-0.25, -0.2) is 4.57 Å². The Labute approximate surface area is 339 Å². The maximum atomic E-state index is 12.6. The van der Waals surface area contributed by atoms with E-state index in [1.165, 1.54) is 96.3 Å². The Morgan fingerprint density at radius 3 is 1.56 bits per heavy atom. The van der Waals surface area contributed by atoms with Gasteiger partial charge in [0.1, 0.15) is 19.3 Å². The van der Waals surface area contributed by atoms with Crippen molar-refractivity contribution >= 4 is 13.8 Å². The average molecular weight is 797 g/mol. The molecule has 0 aromatic carbocycles. The third-order valence-corrected chi connectivity index (χ3v) is 10.3. The summed E-state index contributed by atoms with van der Waals surface area (Å²) in [5.74, 6) is -0.330. The summed E-state index contributed by atoms with van der Waals surface area (Å²) in [6.07, 6.45) is 47.2. The van der Waals surface area contributed by atoms with Gasteiger partial charge >= 0.3 is 13.8 Å². The summed E-state index contributed by atoms with van der Waals surface area (Å²) in [5, 5.41) is 0. The molecule has 0 fully saturated rings. The first-order valence-corrected chi connectivity index (χ1v) is 23.9. The van der Waals surface area contributed by atoms with E-state index in [4.69, 9.17) is 18.5 Å². The second-order valence-corrected chi connectivity index (χ2v) is 17.5. The number of phosphoric acid groups is 1. The Bertz CT molecular complexity index is 1020. The molecule has 0 saturated heterocycles. The highest BCUT2D eigenvalue weighted by atomic mass is 31.2. The van der Waals surface area contributed by atoms with Crippen LogP contribution in [0.5, 0.6) is 0 Å². The summed E-state index contributed by atoms with van der Waals surface area (Å²) in [6, 6.07) is 0. The summed E-state index contributed by atoms with van der Waals surface area (Å²) in [4.78, 5) is 22.8. The van der Waals surface area contributed by atoms with E-state index in [-0.39, 0.29) is 25.8 Å². The van der Waals surface area contributed by atoms with Crippen molar-refractivity contribution < 1.29 is 37.3 Å². The lowest BCUT2D eigenvalue weighted by Gasteiger charge is -2.24. The minimum absolute atomic E-state index is 0.0834. The number of likely N-dealkylation sites (N-methyl/N-ethyl adjacent to an activating group) is 1. The molecule has 0 bridgehead atoms. The molecule has 0 radical (unpaired) electrons. The van der Waals surface area contributed by atoms with Crippen LogP contribution in [0.3, 0.4) is 0 Å². The number of allylic oxidation sites excluding steroid dienone is 8. The number of unbranched alkanes of at least 4 members (excludes halogenated alkanes) is 19. The largest absolute Gasteiger partial charge is 0.472 e. The molecular formula is C46H87NO7P+. The standard InChI is InChI=1S/C46H86NO7P/c1-6-8-10-12-14-16-18-19-20-21-22-23-24-25-26-27-28-30-32-34-36-38-41-51-43-45(44-53-55(49,50)52-42-40-47(3,4)5)54-46(48)39-37-35-33-31-29-17-15-13-11-9-7-2/h13,15,18-19,21-22,24-25,45H,6-12,14,16-17,20,23,26-44H2,1-5H3/p+1/b15-13-,19-18-,22-21-,25-24-. The zero-order valence-electron chi connectivity index (χ0n) is 36.4. The molecule has 2 atom stereocenters. The van der Waals surface area contributed by atoms with E-state index in [0.29, 0.717) is 24.1 Å². The van der Waals surface area contributed by atoms with Crippen LogP contribution in [-0.2, 0) is 27.9 Å². The lowest BCUT2D eigenvalue weighted by atomic mass is 10.1. The number of carbonyl (C=O) groups is 1. The zero-order chi connectivity index (χ0) is 40.6. The Morgan fingerprint density at radius 1 is 0.564 bits per heavy atom. The number of hydrogen-bond donors (Lipinski definition) is 1. The first-order chi connectivity index (χ1) is 26.6. The first kappa shape index (κ1) is 53.5. The number of phosphoric ester groups is 1. The Morgan fingerprint density at radius 2 is 1.02 bits per heavy atom. The van der Waals surface area contributed by atoms with Gasteiger partial charge in [0.2, 0.25) is 0 Å². The number of hydrogen-bond acceptors (Lipinski definition) is 6. The van der Waals surface area contributed by atoms with E-state index < -0.39 is 13.9 Å². The molecule has 0 aliphatic heterocycles. The van der Waals surface area contributed by atoms with E-state index in [1.807, 2.05) is 21.1 Å². The van der Waals surface area contributed by atoms with Crippen LogP contribution >= 0.6 is 7.82 Å². The van der Waals surface area contributed by atoms with E-state index in [1.54, 1.807) is 0 Å². The van der Waals surface area contributed by atoms with Crippen molar-refractivity contribution in [3.05, 3.63) is 48.6 Å². The van der Waals surface area contributed by atoms with Crippen LogP contribution in [0.4, 0.5) is 0 Å². The van der Waals surface area contributed by atoms with Crippen LogP contribution in [0.15, 0.2) is 48.6 Å². The fraction of sp³-hybridized carbons (Fsp3) is 0.804. The molecular weight excluding hydrogens is 709 g/mol. The minimum atomic E-state index is -4.28. The lowest BCUT2D eigenvalue weighted by molar-refractivity contribution is -0.870. The monoisotopic (exact) mass is 797 g/mol. The lowest BCUT2D eigenvalue weighted by Crippen LogP contribution is -2.37. The molecule has 8 nitrogen and oxygen atoms in total. The number of ether oxygens (including phenoxy) is 2. The van der Waals surface area contributed by atoms with Gasteiger partial charge in [0, 0.05) is 13.0 Å². The zero-order valence-corrected chi connectivity index (χ0v) is 37.3. The van der Waals surface area contributed by atoms with Crippen molar-refractivity contribution in [3.8, 4) is 0 Å². The Balaban J connectivity index is 4.19. The third-order valence-electron chi connectivity index (χ3n) is 9.36. The van der Waals surface area contributed by atoms with Crippen LogP contribution in [0.2, 0.25) is 0 Å². The molecule has 0 spiro atoms. The highest BCUT2D eigenvalue weighted by molar-refractivity contribution is 7.47. The van der Waals surface area contributed by atoms with Crippen LogP contribution in [0.25, 0.3) is 0 Å². The number of carbonyl (C=O) groups excluding carboxylic acids is 1. The summed E-state index contributed by atoms with van der Waals surface area (Å²) in [7, 11) is 1.65. The predicted octanol–water partition coefficient (Wildman–Crippen LogP) is 13.2. The molecule has 0 aliphatic carbocycles. The summed E-state index contributed by atoms with van der Waals surface area (Å²) in [5.41, 5.74) is 0.